The number of halogens is 2. The molecule has 1 saturated heterocycles. The summed E-state index contributed by atoms with van der Waals surface area (Å²) >= 11 is 7.37. The van der Waals surface area contributed by atoms with E-state index in [2.05, 4.69) is 4.98 Å². The second-order valence-corrected chi connectivity index (χ2v) is 9.60. The lowest BCUT2D eigenvalue weighted by Crippen LogP contribution is -2.29. The number of carbonyl (C=O) groups excluding carboxylic acids is 2. The van der Waals surface area contributed by atoms with Gasteiger partial charge in [-0.05, 0) is 73.0 Å². The second-order valence-electron chi connectivity index (χ2n) is 8.15. The molecule has 1 aliphatic heterocycles. The van der Waals surface area contributed by atoms with Crippen molar-refractivity contribution < 1.29 is 19.1 Å². The van der Waals surface area contributed by atoms with Gasteiger partial charge in [0.05, 0.1) is 21.8 Å². The van der Waals surface area contributed by atoms with Crippen molar-refractivity contribution in [1.82, 2.24) is 4.98 Å². The van der Waals surface area contributed by atoms with Gasteiger partial charge in [-0.2, -0.15) is 0 Å². The van der Waals surface area contributed by atoms with E-state index in [1.165, 1.54) is 40.5 Å². The molecule has 2 heterocycles. The summed E-state index contributed by atoms with van der Waals surface area (Å²) in [5.74, 6) is -2.49. The number of rotatable bonds is 3. The Balaban J connectivity index is 1.74. The van der Waals surface area contributed by atoms with Crippen LogP contribution in [0.4, 0.5) is 9.52 Å². The molecule has 0 unspecified atom stereocenters. The van der Waals surface area contributed by atoms with Gasteiger partial charge in [-0.25, -0.2) is 9.37 Å². The number of fused-ring (bicyclic) bond motifs is 1. The number of amides is 1. The minimum absolute atomic E-state index is 0.0916. The summed E-state index contributed by atoms with van der Waals surface area (Å²) in [6, 6.07) is 14.9. The molecular formula is C26H18ClFN2O3S. The average Bonchev–Trinajstić information content (AvgIpc) is 3.33. The number of hydrogen-bond donors (Lipinski definition) is 1. The van der Waals surface area contributed by atoms with E-state index in [9.17, 15) is 19.1 Å². The van der Waals surface area contributed by atoms with Gasteiger partial charge < -0.3 is 5.11 Å². The van der Waals surface area contributed by atoms with Crippen LogP contribution in [0.2, 0.25) is 5.02 Å². The third kappa shape index (κ3) is 3.67. The van der Waals surface area contributed by atoms with Crippen molar-refractivity contribution in [3.05, 3.63) is 99.3 Å². The Bertz CT molecular complexity index is 1490. The number of aliphatic hydroxyl groups is 1. The summed E-state index contributed by atoms with van der Waals surface area (Å²) in [5, 5.41) is 11.9. The zero-order valence-electron chi connectivity index (χ0n) is 18.2. The average molecular weight is 493 g/mol. The molecular weight excluding hydrogens is 475 g/mol. The van der Waals surface area contributed by atoms with Gasteiger partial charge in [0.25, 0.3) is 5.78 Å². The number of benzene rings is 3. The summed E-state index contributed by atoms with van der Waals surface area (Å²) < 4.78 is 14.3. The summed E-state index contributed by atoms with van der Waals surface area (Å²) in [5.41, 5.74) is 3.50. The van der Waals surface area contributed by atoms with E-state index in [1.54, 1.807) is 24.3 Å². The first-order chi connectivity index (χ1) is 16.2. The van der Waals surface area contributed by atoms with Gasteiger partial charge >= 0.3 is 5.91 Å². The summed E-state index contributed by atoms with van der Waals surface area (Å²) in [6.45, 7) is 3.92. The fourth-order valence-corrected chi connectivity index (χ4v) is 5.51. The number of thiazole rings is 1. The molecule has 1 fully saturated rings. The van der Waals surface area contributed by atoms with Crippen molar-refractivity contribution in [3.8, 4) is 0 Å². The molecule has 0 spiro atoms. The predicted molar refractivity (Wildman–Crippen MR) is 132 cm³/mol. The number of ketones is 1. The highest BCUT2D eigenvalue weighted by molar-refractivity contribution is 7.22. The van der Waals surface area contributed by atoms with E-state index in [0.29, 0.717) is 15.7 Å². The zero-order chi connectivity index (χ0) is 24.1. The van der Waals surface area contributed by atoms with E-state index >= 15 is 0 Å². The lowest BCUT2D eigenvalue weighted by Gasteiger charge is -2.23. The second kappa shape index (κ2) is 8.34. The Morgan fingerprint density at radius 1 is 1.06 bits per heavy atom. The van der Waals surface area contributed by atoms with Crippen molar-refractivity contribution in [1.29, 1.82) is 0 Å². The van der Waals surface area contributed by atoms with Crippen LogP contribution in [0.15, 0.2) is 66.2 Å². The Kier molecular flexibility index (Phi) is 5.46. The van der Waals surface area contributed by atoms with E-state index < -0.39 is 23.5 Å². The standard InChI is InChI=1S/C26H18ClFN2O3S/c1-13-11-14(2)21-19(12-13)34-26(29-21)30-22(15-3-7-17(27)8-4-15)20(24(32)25(30)33)23(31)16-5-9-18(28)10-6-16/h3-12,22,31H,1-2H3/b23-20+/t22-/m0/s1. The number of aryl methyl sites for hydroxylation is 2. The molecule has 34 heavy (non-hydrogen) atoms. The van der Waals surface area contributed by atoms with Crippen LogP contribution < -0.4 is 4.90 Å². The third-order valence-electron chi connectivity index (χ3n) is 5.77. The first kappa shape index (κ1) is 22.3. The molecule has 1 aliphatic rings. The number of carbonyl (C=O) groups is 2. The summed E-state index contributed by atoms with van der Waals surface area (Å²) in [4.78, 5) is 32.5. The largest absolute Gasteiger partial charge is 0.507 e. The molecule has 1 amide bonds. The van der Waals surface area contributed by atoms with Crippen molar-refractivity contribution >= 4 is 55.7 Å². The number of aliphatic hydroxyl groups excluding tert-OH is 1. The van der Waals surface area contributed by atoms with Crippen LogP contribution >= 0.6 is 22.9 Å². The van der Waals surface area contributed by atoms with Crippen LogP contribution in [0, 0.1) is 19.7 Å². The third-order valence-corrected chi connectivity index (χ3v) is 7.03. The minimum Gasteiger partial charge on any atom is -0.507 e. The van der Waals surface area contributed by atoms with Crippen molar-refractivity contribution in [2.75, 3.05) is 4.90 Å². The quantitative estimate of drug-likeness (QED) is 0.206. The number of anilines is 1. The van der Waals surface area contributed by atoms with Crippen LogP contribution in [-0.2, 0) is 9.59 Å². The van der Waals surface area contributed by atoms with Gasteiger partial charge in [0, 0.05) is 10.6 Å². The molecule has 170 valence electrons. The highest BCUT2D eigenvalue weighted by Crippen LogP contribution is 2.44. The SMILES string of the molecule is Cc1cc(C)c2nc(N3C(=O)C(=O)/C(=C(/O)c4ccc(F)cc4)[C@@H]3c3ccc(Cl)cc3)sc2c1. The number of hydrogen-bond acceptors (Lipinski definition) is 5. The molecule has 8 heteroatoms. The lowest BCUT2D eigenvalue weighted by molar-refractivity contribution is -0.132. The minimum atomic E-state index is -0.927. The molecule has 0 aliphatic carbocycles. The van der Waals surface area contributed by atoms with Gasteiger partial charge in [0.1, 0.15) is 11.6 Å². The highest BCUT2D eigenvalue weighted by atomic mass is 35.5. The van der Waals surface area contributed by atoms with E-state index in [-0.39, 0.29) is 16.9 Å². The molecule has 1 N–H and O–H groups in total. The Morgan fingerprint density at radius 2 is 1.74 bits per heavy atom. The Labute approximate surface area is 203 Å². The molecule has 4 aromatic rings. The maximum Gasteiger partial charge on any atom is 0.301 e. The van der Waals surface area contributed by atoms with Crippen LogP contribution in [0.5, 0.6) is 0 Å². The number of nitrogens with zero attached hydrogens (tertiary/aromatic N) is 2. The van der Waals surface area contributed by atoms with E-state index in [0.717, 1.165) is 21.3 Å². The monoisotopic (exact) mass is 492 g/mol. The van der Waals surface area contributed by atoms with Crippen molar-refractivity contribution in [2.45, 2.75) is 19.9 Å². The summed E-state index contributed by atoms with van der Waals surface area (Å²) in [6.07, 6.45) is 0. The Morgan fingerprint density at radius 3 is 2.41 bits per heavy atom. The number of aromatic nitrogens is 1. The first-order valence-corrected chi connectivity index (χ1v) is 11.6. The lowest BCUT2D eigenvalue weighted by atomic mass is 9.95. The van der Waals surface area contributed by atoms with Crippen LogP contribution in [0.3, 0.4) is 0 Å². The smallest absolute Gasteiger partial charge is 0.301 e. The predicted octanol–water partition coefficient (Wildman–Crippen LogP) is 6.33. The molecule has 5 rings (SSSR count). The topological polar surface area (TPSA) is 70.5 Å². The summed E-state index contributed by atoms with van der Waals surface area (Å²) in [7, 11) is 0. The van der Waals surface area contributed by atoms with Gasteiger partial charge in [-0.1, -0.05) is 41.1 Å². The highest BCUT2D eigenvalue weighted by Gasteiger charge is 2.48. The molecule has 1 aromatic heterocycles. The van der Waals surface area contributed by atoms with Gasteiger partial charge in [-0.15, -0.1) is 0 Å². The molecule has 3 aromatic carbocycles. The van der Waals surface area contributed by atoms with Crippen LogP contribution in [-0.4, -0.2) is 21.8 Å². The normalized spacial score (nSPS) is 17.6. The van der Waals surface area contributed by atoms with E-state index in [1.807, 2.05) is 26.0 Å². The maximum absolute atomic E-state index is 13.4. The molecule has 5 nitrogen and oxygen atoms in total. The fraction of sp³-hybridized carbons (Fsp3) is 0.115. The fourth-order valence-electron chi connectivity index (χ4n) is 4.22. The van der Waals surface area contributed by atoms with Crippen LogP contribution in [0.1, 0.15) is 28.3 Å². The molecule has 0 radical (unpaired) electrons. The van der Waals surface area contributed by atoms with E-state index in [4.69, 9.17) is 11.6 Å². The van der Waals surface area contributed by atoms with Crippen molar-refractivity contribution in [3.63, 3.8) is 0 Å². The molecule has 0 bridgehead atoms. The Hall–Kier alpha value is -3.55. The number of Topliss-reactive ketones (excluding diaryl/α,β-unsaturated/α-hetero) is 1. The van der Waals surface area contributed by atoms with Gasteiger partial charge in [0.2, 0.25) is 0 Å². The zero-order valence-corrected chi connectivity index (χ0v) is 19.7. The molecule has 1 atom stereocenters. The van der Waals surface area contributed by atoms with Crippen LogP contribution in [0.25, 0.3) is 16.0 Å². The molecule has 0 saturated carbocycles. The van der Waals surface area contributed by atoms with Gasteiger partial charge in [-0.3, -0.25) is 14.5 Å². The van der Waals surface area contributed by atoms with Gasteiger partial charge in [0.15, 0.2) is 5.13 Å². The van der Waals surface area contributed by atoms with Crippen molar-refractivity contribution in [2.24, 2.45) is 0 Å². The maximum atomic E-state index is 13.4. The first-order valence-electron chi connectivity index (χ1n) is 10.4.